The summed E-state index contributed by atoms with van der Waals surface area (Å²) < 4.78 is 5.67. The molecule has 0 spiro atoms. The molecule has 5 heteroatoms. The normalized spacial score (nSPS) is 23.8. The molecule has 0 amide bonds. The standard InChI is InChI=1S/C15H21N3O2/c16-14(18-19)9-15(6-7-15)10-17-12-5-8-20-13-4-2-1-3-11(12)13/h1-4,12,17,19H,5-10H2,(H2,16,18). The van der Waals surface area contributed by atoms with Crippen LogP contribution in [0.5, 0.6) is 5.75 Å². The van der Waals surface area contributed by atoms with Crippen molar-refractivity contribution >= 4 is 5.84 Å². The average molecular weight is 275 g/mol. The summed E-state index contributed by atoms with van der Waals surface area (Å²) in [5.74, 6) is 1.31. The maximum atomic E-state index is 8.70. The number of nitrogens with zero attached hydrogens (tertiary/aromatic N) is 1. The summed E-state index contributed by atoms with van der Waals surface area (Å²) >= 11 is 0. The fourth-order valence-corrected chi connectivity index (χ4v) is 2.91. The van der Waals surface area contributed by atoms with Gasteiger partial charge in [0.2, 0.25) is 0 Å². The van der Waals surface area contributed by atoms with Crippen molar-refractivity contribution in [1.82, 2.24) is 5.32 Å². The monoisotopic (exact) mass is 275 g/mol. The molecule has 0 radical (unpaired) electrons. The number of rotatable bonds is 5. The van der Waals surface area contributed by atoms with Gasteiger partial charge in [-0.05, 0) is 24.3 Å². The van der Waals surface area contributed by atoms with Crippen molar-refractivity contribution in [2.45, 2.75) is 31.7 Å². The lowest BCUT2D eigenvalue weighted by Crippen LogP contribution is -2.33. The highest BCUT2D eigenvalue weighted by atomic mass is 16.5. The van der Waals surface area contributed by atoms with E-state index in [2.05, 4.69) is 16.5 Å². The molecule has 1 unspecified atom stereocenters. The van der Waals surface area contributed by atoms with E-state index >= 15 is 0 Å². The van der Waals surface area contributed by atoms with Crippen molar-refractivity contribution in [2.24, 2.45) is 16.3 Å². The van der Waals surface area contributed by atoms with Crippen LogP contribution in [-0.4, -0.2) is 24.2 Å². The van der Waals surface area contributed by atoms with E-state index in [-0.39, 0.29) is 5.41 Å². The third-order valence-corrected chi connectivity index (χ3v) is 4.32. The lowest BCUT2D eigenvalue weighted by atomic mass is 9.97. The molecule has 108 valence electrons. The first-order valence-corrected chi connectivity index (χ1v) is 7.14. The summed E-state index contributed by atoms with van der Waals surface area (Å²) in [6.45, 7) is 1.66. The van der Waals surface area contributed by atoms with Crippen molar-refractivity contribution in [3.8, 4) is 5.75 Å². The predicted molar refractivity (Wildman–Crippen MR) is 77.0 cm³/mol. The Labute approximate surface area is 118 Å². The Balaban J connectivity index is 1.62. The molecule has 1 fully saturated rings. The quantitative estimate of drug-likeness (QED) is 0.332. The van der Waals surface area contributed by atoms with E-state index in [1.807, 2.05) is 18.2 Å². The number of hydrogen-bond donors (Lipinski definition) is 3. The largest absolute Gasteiger partial charge is 0.493 e. The number of nitrogens with one attached hydrogen (secondary N) is 1. The maximum absolute atomic E-state index is 8.70. The van der Waals surface area contributed by atoms with E-state index in [9.17, 15) is 0 Å². The second-order valence-electron chi connectivity index (χ2n) is 5.88. The molecular formula is C15H21N3O2. The smallest absolute Gasteiger partial charge is 0.139 e. The van der Waals surface area contributed by atoms with Gasteiger partial charge in [0.05, 0.1) is 6.61 Å². The lowest BCUT2D eigenvalue weighted by Gasteiger charge is -2.28. The molecule has 1 saturated carbocycles. The minimum Gasteiger partial charge on any atom is -0.493 e. The fourth-order valence-electron chi connectivity index (χ4n) is 2.91. The molecule has 1 aromatic carbocycles. The topological polar surface area (TPSA) is 79.9 Å². The summed E-state index contributed by atoms with van der Waals surface area (Å²) in [6.07, 6.45) is 3.93. The van der Waals surface area contributed by atoms with Gasteiger partial charge in [-0.2, -0.15) is 0 Å². The van der Waals surface area contributed by atoms with Gasteiger partial charge in [0, 0.05) is 31.0 Å². The number of hydrogen-bond acceptors (Lipinski definition) is 4. The first-order valence-electron chi connectivity index (χ1n) is 7.14. The van der Waals surface area contributed by atoms with Crippen molar-refractivity contribution in [1.29, 1.82) is 0 Å². The van der Waals surface area contributed by atoms with Crippen molar-refractivity contribution in [3.63, 3.8) is 0 Å². The van der Waals surface area contributed by atoms with Crippen LogP contribution in [-0.2, 0) is 0 Å². The molecule has 20 heavy (non-hydrogen) atoms. The Bertz CT molecular complexity index is 512. The summed E-state index contributed by atoms with van der Waals surface area (Å²) in [5, 5.41) is 15.4. The summed E-state index contributed by atoms with van der Waals surface area (Å²) in [5.41, 5.74) is 7.06. The van der Waals surface area contributed by atoms with Gasteiger partial charge in [0.15, 0.2) is 0 Å². The van der Waals surface area contributed by atoms with Gasteiger partial charge >= 0.3 is 0 Å². The number of oxime groups is 1. The third-order valence-electron chi connectivity index (χ3n) is 4.32. The van der Waals surface area contributed by atoms with Crippen LogP contribution in [0.1, 0.15) is 37.3 Å². The molecule has 1 aliphatic heterocycles. The number of amidine groups is 1. The Hall–Kier alpha value is -1.75. The molecule has 1 aromatic rings. The van der Waals surface area contributed by atoms with Crippen molar-refractivity contribution in [2.75, 3.05) is 13.2 Å². The molecule has 2 aliphatic rings. The Morgan fingerprint density at radius 2 is 2.25 bits per heavy atom. The Kier molecular flexibility index (Phi) is 3.53. The molecule has 4 N–H and O–H groups in total. The van der Waals surface area contributed by atoms with Gasteiger partial charge in [-0.1, -0.05) is 23.4 Å². The zero-order chi connectivity index (χ0) is 14.0. The van der Waals surface area contributed by atoms with E-state index in [1.54, 1.807) is 0 Å². The van der Waals surface area contributed by atoms with Gasteiger partial charge in [0.25, 0.3) is 0 Å². The summed E-state index contributed by atoms with van der Waals surface area (Å²) in [6, 6.07) is 8.53. The van der Waals surface area contributed by atoms with Gasteiger partial charge in [0.1, 0.15) is 11.6 Å². The summed E-state index contributed by atoms with van der Waals surface area (Å²) in [7, 11) is 0. The third kappa shape index (κ3) is 2.72. The molecule has 0 aromatic heterocycles. The van der Waals surface area contributed by atoms with Gasteiger partial charge in [-0.3, -0.25) is 0 Å². The van der Waals surface area contributed by atoms with Gasteiger partial charge in [-0.25, -0.2) is 0 Å². The first-order chi connectivity index (χ1) is 9.72. The van der Waals surface area contributed by atoms with E-state index in [0.717, 1.165) is 38.2 Å². The molecule has 0 bridgehead atoms. The van der Waals surface area contributed by atoms with Gasteiger partial charge in [-0.15, -0.1) is 0 Å². The fraction of sp³-hybridized carbons (Fsp3) is 0.533. The van der Waals surface area contributed by atoms with Crippen LogP contribution >= 0.6 is 0 Å². The van der Waals surface area contributed by atoms with E-state index in [4.69, 9.17) is 15.7 Å². The van der Waals surface area contributed by atoms with Crippen LogP contribution in [0.25, 0.3) is 0 Å². The zero-order valence-electron chi connectivity index (χ0n) is 11.5. The number of para-hydroxylation sites is 1. The number of benzene rings is 1. The molecule has 1 heterocycles. The molecule has 5 nitrogen and oxygen atoms in total. The van der Waals surface area contributed by atoms with Crippen LogP contribution in [0, 0.1) is 5.41 Å². The van der Waals surface area contributed by atoms with Crippen LogP contribution in [0.4, 0.5) is 0 Å². The number of fused-ring (bicyclic) bond motifs is 1. The highest BCUT2D eigenvalue weighted by Gasteiger charge is 2.43. The van der Waals surface area contributed by atoms with Gasteiger partial charge < -0.3 is 21.0 Å². The highest BCUT2D eigenvalue weighted by Crippen LogP contribution is 2.48. The number of ether oxygens (including phenoxy) is 1. The molecule has 1 aliphatic carbocycles. The molecular weight excluding hydrogens is 254 g/mol. The van der Waals surface area contributed by atoms with E-state index < -0.39 is 0 Å². The highest BCUT2D eigenvalue weighted by molar-refractivity contribution is 5.80. The van der Waals surface area contributed by atoms with Crippen LogP contribution < -0.4 is 15.8 Å². The second kappa shape index (κ2) is 5.32. The lowest BCUT2D eigenvalue weighted by molar-refractivity contribution is 0.246. The SMILES string of the molecule is NC(CC1(CNC2CCOc3ccccc32)CC1)=NO. The first kappa shape index (κ1) is 13.2. The Morgan fingerprint density at radius 1 is 1.45 bits per heavy atom. The van der Waals surface area contributed by atoms with Crippen molar-refractivity contribution in [3.05, 3.63) is 29.8 Å². The van der Waals surface area contributed by atoms with E-state index in [1.165, 1.54) is 5.56 Å². The van der Waals surface area contributed by atoms with Crippen LogP contribution in [0.3, 0.4) is 0 Å². The number of nitrogens with two attached hydrogens (primary N) is 1. The van der Waals surface area contributed by atoms with Crippen LogP contribution in [0.2, 0.25) is 0 Å². The van der Waals surface area contributed by atoms with Crippen molar-refractivity contribution < 1.29 is 9.94 Å². The molecule has 0 saturated heterocycles. The second-order valence-corrected chi connectivity index (χ2v) is 5.88. The summed E-state index contributed by atoms with van der Waals surface area (Å²) in [4.78, 5) is 0. The van der Waals surface area contributed by atoms with E-state index in [0.29, 0.717) is 18.3 Å². The van der Waals surface area contributed by atoms with Crippen LogP contribution in [0.15, 0.2) is 29.4 Å². The molecule has 3 rings (SSSR count). The maximum Gasteiger partial charge on any atom is 0.139 e. The minimum absolute atomic E-state index is 0.184. The average Bonchev–Trinajstić information content (AvgIpc) is 3.25. The molecule has 1 atom stereocenters. The predicted octanol–water partition coefficient (Wildman–Crippen LogP) is 2.02. The Morgan fingerprint density at radius 3 is 3.00 bits per heavy atom. The zero-order valence-corrected chi connectivity index (χ0v) is 11.5. The minimum atomic E-state index is 0.184.